The Morgan fingerprint density at radius 2 is 1.72 bits per heavy atom. The lowest BCUT2D eigenvalue weighted by Gasteiger charge is -2.28. The van der Waals surface area contributed by atoms with Crippen molar-refractivity contribution >= 4 is 22.6 Å². The van der Waals surface area contributed by atoms with Gasteiger partial charge in [0.25, 0.3) is 0 Å². The van der Waals surface area contributed by atoms with Gasteiger partial charge in [-0.2, -0.15) is 0 Å². The molecule has 0 saturated carbocycles. The van der Waals surface area contributed by atoms with Gasteiger partial charge in [-0.1, -0.05) is 30.3 Å². The molecular formula is C23H28N4O2. The first-order valence-corrected chi connectivity index (χ1v) is 10.1. The molecule has 0 spiro atoms. The van der Waals surface area contributed by atoms with Crippen LogP contribution in [0.3, 0.4) is 0 Å². The smallest absolute Gasteiger partial charge is 0.191 e. The Bertz CT molecular complexity index is 972. The van der Waals surface area contributed by atoms with E-state index >= 15 is 0 Å². The van der Waals surface area contributed by atoms with Gasteiger partial charge in [0, 0.05) is 43.3 Å². The molecule has 1 aliphatic heterocycles. The van der Waals surface area contributed by atoms with Gasteiger partial charge in [0.15, 0.2) is 5.96 Å². The Morgan fingerprint density at radius 3 is 2.45 bits per heavy atom. The number of ether oxygens (including phenoxy) is 1. The first-order valence-electron chi connectivity index (χ1n) is 10.1. The molecule has 0 amide bonds. The third kappa shape index (κ3) is 4.54. The number of nitrogens with zero attached hydrogens (tertiary/aromatic N) is 2. The van der Waals surface area contributed by atoms with Crippen LogP contribution in [0.5, 0.6) is 0 Å². The lowest BCUT2D eigenvalue weighted by atomic mass is 10.1. The Balaban J connectivity index is 1.31. The largest absolute Gasteiger partial charge is 0.459 e. The third-order valence-corrected chi connectivity index (χ3v) is 5.36. The van der Waals surface area contributed by atoms with Crippen LogP contribution in [-0.2, 0) is 17.8 Å². The standard InChI is InChI=1S/C23H28N4O2/c1-17-20-5-3-4-6-21(20)29-22(17)16-26-23(24-2)25-15-18-7-9-19(10-8-18)27-11-13-28-14-12-27/h3-10H,11-16H2,1-2H3,(H2,24,25,26). The number of guanidine groups is 1. The average Bonchev–Trinajstić information content (AvgIpc) is 3.11. The molecule has 1 aliphatic rings. The molecule has 1 aromatic heterocycles. The highest BCUT2D eigenvalue weighted by molar-refractivity contribution is 5.83. The van der Waals surface area contributed by atoms with Gasteiger partial charge in [-0.3, -0.25) is 4.99 Å². The molecule has 6 nitrogen and oxygen atoms in total. The van der Waals surface area contributed by atoms with Crippen molar-refractivity contribution in [3.8, 4) is 0 Å². The van der Waals surface area contributed by atoms with Crippen LogP contribution in [0.25, 0.3) is 11.0 Å². The van der Waals surface area contributed by atoms with Crippen LogP contribution in [0.1, 0.15) is 16.9 Å². The van der Waals surface area contributed by atoms with E-state index in [1.54, 1.807) is 7.05 Å². The van der Waals surface area contributed by atoms with Gasteiger partial charge in [-0.25, -0.2) is 0 Å². The molecule has 2 aromatic carbocycles. The average molecular weight is 393 g/mol. The summed E-state index contributed by atoms with van der Waals surface area (Å²) >= 11 is 0. The molecule has 29 heavy (non-hydrogen) atoms. The highest BCUT2D eigenvalue weighted by atomic mass is 16.5. The van der Waals surface area contributed by atoms with Crippen molar-refractivity contribution < 1.29 is 9.15 Å². The van der Waals surface area contributed by atoms with Gasteiger partial charge < -0.3 is 24.7 Å². The number of anilines is 1. The van der Waals surface area contributed by atoms with Gasteiger partial charge in [0.2, 0.25) is 0 Å². The number of furan rings is 1. The lowest BCUT2D eigenvalue weighted by Crippen LogP contribution is -2.36. The van der Waals surface area contributed by atoms with Crippen molar-refractivity contribution in [2.24, 2.45) is 4.99 Å². The summed E-state index contributed by atoms with van der Waals surface area (Å²) in [5, 5.41) is 7.88. The lowest BCUT2D eigenvalue weighted by molar-refractivity contribution is 0.122. The number of rotatable bonds is 5. The van der Waals surface area contributed by atoms with Crippen LogP contribution in [0.15, 0.2) is 57.9 Å². The summed E-state index contributed by atoms with van der Waals surface area (Å²) in [5.41, 5.74) is 4.55. The number of hydrogen-bond acceptors (Lipinski definition) is 4. The van der Waals surface area contributed by atoms with E-state index in [0.717, 1.165) is 49.0 Å². The fraction of sp³-hybridized carbons (Fsp3) is 0.348. The molecular weight excluding hydrogens is 364 g/mol. The van der Waals surface area contributed by atoms with E-state index in [9.17, 15) is 0 Å². The minimum Gasteiger partial charge on any atom is -0.459 e. The first kappa shape index (κ1) is 19.3. The molecule has 1 fully saturated rings. The zero-order valence-electron chi connectivity index (χ0n) is 17.1. The molecule has 0 bridgehead atoms. The van der Waals surface area contributed by atoms with Gasteiger partial charge in [-0.05, 0) is 30.7 Å². The van der Waals surface area contributed by atoms with E-state index in [-0.39, 0.29) is 0 Å². The van der Waals surface area contributed by atoms with Crippen LogP contribution < -0.4 is 15.5 Å². The monoisotopic (exact) mass is 392 g/mol. The number of nitrogens with one attached hydrogen (secondary N) is 2. The maximum Gasteiger partial charge on any atom is 0.191 e. The second-order valence-corrected chi connectivity index (χ2v) is 7.19. The van der Waals surface area contributed by atoms with Crippen molar-refractivity contribution in [2.75, 3.05) is 38.3 Å². The minimum absolute atomic E-state index is 0.593. The molecule has 2 heterocycles. The van der Waals surface area contributed by atoms with Crippen LogP contribution in [0.2, 0.25) is 0 Å². The van der Waals surface area contributed by atoms with E-state index in [0.29, 0.717) is 13.1 Å². The van der Waals surface area contributed by atoms with Gasteiger partial charge in [0.05, 0.1) is 19.8 Å². The quantitative estimate of drug-likeness (QED) is 0.514. The Morgan fingerprint density at radius 1 is 1.00 bits per heavy atom. The zero-order chi connectivity index (χ0) is 20.1. The number of hydrogen-bond donors (Lipinski definition) is 2. The second-order valence-electron chi connectivity index (χ2n) is 7.19. The normalized spacial score (nSPS) is 15.0. The number of aryl methyl sites for hydroxylation is 1. The molecule has 0 atom stereocenters. The molecule has 1 saturated heterocycles. The minimum atomic E-state index is 0.593. The Labute approximate surface area is 171 Å². The summed E-state index contributed by atoms with van der Waals surface area (Å²) < 4.78 is 11.4. The number of morpholine rings is 1. The van der Waals surface area contributed by atoms with E-state index in [1.165, 1.54) is 16.8 Å². The van der Waals surface area contributed by atoms with Gasteiger partial charge in [-0.15, -0.1) is 0 Å². The molecule has 3 aromatic rings. The van der Waals surface area contributed by atoms with E-state index < -0.39 is 0 Å². The third-order valence-electron chi connectivity index (χ3n) is 5.36. The number of fused-ring (bicyclic) bond motifs is 1. The van der Waals surface area contributed by atoms with Crippen molar-refractivity contribution in [1.82, 2.24) is 10.6 Å². The van der Waals surface area contributed by atoms with Crippen LogP contribution in [-0.4, -0.2) is 39.3 Å². The highest BCUT2D eigenvalue weighted by Gasteiger charge is 2.12. The molecule has 2 N–H and O–H groups in total. The topological polar surface area (TPSA) is 62.0 Å². The molecule has 4 rings (SSSR count). The van der Waals surface area contributed by atoms with Crippen LogP contribution >= 0.6 is 0 Å². The SMILES string of the molecule is CN=C(NCc1ccc(N2CCOCC2)cc1)NCc1oc2ccccc2c1C. The molecule has 0 aliphatic carbocycles. The zero-order valence-corrected chi connectivity index (χ0v) is 17.1. The molecule has 0 unspecified atom stereocenters. The molecule has 152 valence electrons. The first-order chi connectivity index (χ1) is 14.2. The van der Waals surface area contributed by atoms with Crippen molar-refractivity contribution in [3.63, 3.8) is 0 Å². The van der Waals surface area contributed by atoms with Crippen molar-refractivity contribution in [1.29, 1.82) is 0 Å². The van der Waals surface area contributed by atoms with E-state index in [4.69, 9.17) is 9.15 Å². The van der Waals surface area contributed by atoms with Gasteiger partial charge >= 0.3 is 0 Å². The number of aliphatic imine (C=N–C) groups is 1. The van der Waals surface area contributed by atoms with E-state index in [2.05, 4.69) is 57.8 Å². The second kappa shape index (κ2) is 9.01. The van der Waals surface area contributed by atoms with Crippen molar-refractivity contribution in [2.45, 2.75) is 20.0 Å². The molecule has 6 heteroatoms. The fourth-order valence-electron chi connectivity index (χ4n) is 3.61. The summed E-state index contributed by atoms with van der Waals surface area (Å²) in [6, 6.07) is 16.8. The van der Waals surface area contributed by atoms with Crippen molar-refractivity contribution in [3.05, 3.63) is 65.4 Å². The Hall–Kier alpha value is -2.99. The molecule has 0 radical (unpaired) electrons. The predicted molar refractivity (Wildman–Crippen MR) is 117 cm³/mol. The fourth-order valence-corrected chi connectivity index (χ4v) is 3.61. The summed E-state index contributed by atoms with van der Waals surface area (Å²) in [4.78, 5) is 6.68. The number of para-hydroxylation sites is 1. The highest BCUT2D eigenvalue weighted by Crippen LogP contribution is 2.24. The summed E-state index contributed by atoms with van der Waals surface area (Å²) in [6.07, 6.45) is 0. The maximum absolute atomic E-state index is 5.97. The van der Waals surface area contributed by atoms with E-state index in [1.807, 2.05) is 18.2 Å². The number of benzene rings is 2. The van der Waals surface area contributed by atoms with Crippen LogP contribution in [0, 0.1) is 6.92 Å². The maximum atomic E-state index is 5.97. The van der Waals surface area contributed by atoms with Gasteiger partial charge in [0.1, 0.15) is 11.3 Å². The predicted octanol–water partition coefficient (Wildman–Crippen LogP) is 3.44. The Kier molecular flexibility index (Phi) is 6.00. The van der Waals surface area contributed by atoms with Crippen LogP contribution in [0.4, 0.5) is 5.69 Å². The summed E-state index contributed by atoms with van der Waals surface area (Å²) in [6.45, 7) is 6.91. The summed E-state index contributed by atoms with van der Waals surface area (Å²) in [7, 11) is 1.78. The summed E-state index contributed by atoms with van der Waals surface area (Å²) in [5.74, 6) is 1.69.